The predicted molar refractivity (Wildman–Crippen MR) is 55.4 cm³/mol. The van der Waals surface area contributed by atoms with E-state index in [1.165, 1.54) is 6.42 Å². The van der Waals surface area contributed by atoms with Crippen LogP contribution in [-0.4, -0.2) is 26.2 Å². The van der Waals surface area contributed by atoms with Gasteiger partial charge in [0.2, 0.25) is 0 Å². The number of rotatable bonds is 3. The fourth-order valence-corrected chi connectivity index (χ4v) is 1.06. The van der Waals surface area contributed by atoms with Gasteiger partial charge in [-0.2, -0.15) is 0 Å². The Morgan fingerprint density at radius 2 is 2.00 bits per heavy atom. The van der Waals surface area contributed by atoms with E-state index in [1.54, 1.807) is 12.7 Å². The molecule has 0 bridgehead atoms. The molecule has 0 saturated heterocycles. The second-order valence-corrected chi connectivity index (χ2v) is 3.02. The van der Waals surface area contributed by atoms with Crippen molar-refractivity contribution in [1.82, 2.24) is 15.0 Å². The Hall–Kier alpha value is -1.72. The number of hydrogen-bond acceptors (Lipinski definition) is 4. The summed E-state index contributed by atoms with van der Waals surface area (Å²) in [6, 6.07) is 0. The van der Waals surface area contributed by atoms with E-state index < -0.39 is 6.09 Å². The number of nitrogens with two attached hydrogens (primary N) is 1. The van der Waals surface area contributed by atoms with Crippen LogP contribution in [0.5, 0.6) is 0 Å². The van der Waals surface area contributed by atoms with Crippen LogP contribution in [0.3, 0.4) is 0 Å². The first-order chi connectivity index (χ1) is 7.07. The highest BCUT2D eigenvalue weighted by Gasteiger charge is 2.05. The molecule has 84 valence electrons. The number of carbonyl (C=O) groups is 1. The summed E-state index contributed by atoms with van der Waals surface area (Å²) in [7, 11) is 0. The van der Waals surface area contributed by atoms with Crippen molar-refractivity contribution < 1.29 is 9.90 Å². The Balaban J connectivity index is 0.000000423. The monoisotopic (exact) mass is 212 g/mol. The minimum absolute atomic E-state index is 0.461. The number of hydrogen-bond donors (Lipinski definition) is 2. The largest absolute Gasteiger partial charge is 0.465 e. The zero-order chi connectivity index (χ0) is 11.7. The second-order valence-electron chi connectivity index (χ2n) is 3.02. The number of aromatic nitrogens is 3. The summed E-state index contributed by atoms with van der Waals surface area (Å²) in [5.41, 5.74) is 4.03. The molecule has 1 rings (SSSR count). The normalized spacial score (nSPS) is 11.1. The van der Waals surface area contributed by atoms with Gasteiger partial charge in [-0.25, -0.2) is 19.7 Å². The van der Waals surface area contributed by atoms with E-state index >= 15 is 0 Å². The molecule has 0 radical (unpaired) electrons. The summed E-state index contributed by atoms with van der Waals surface area (Å²) in [4.78, 5) is 20.7. The lowest BCUT2D eigenvalue weighted by Crippen LogP contribution is -2.03. The first-order valence-corrected chi connectivity index (χ1v) is 4.68. The van der Waals surface area contributed by atoms with Crippen LogP contribution in [-0.2, 0) is 0 Å². The van der Waals surface area contributed by atoms with Crippen LogP contribution < -0.4 is 5.73 Å². The molecule has 3 N–H and O–H groups in total. The van der Waals surface area contributed by atoms with Crippen molar-refractivity contribution >= 4 is 6.09 Å². The van der Waals surface area contributed by atoms with Crippen molar-refractivity contribution in [2.75, 3.05) is 0 Å². The Morgan fingerprint density at radius 1 is 1.53 bits per heavy atom. The standard InChI is InChI=1S/C8H13N3.CH3NO2/c1-3-4-7(2)8-10-5-9-6-11-8;2-1(3)4/h5-7H,3-4H2,1-2H3;2H2,(H,3,4). The molecule has 0 aliphatic heterocycles. The molecule has 6 heteroatoms. The van der Waals surface area contributed by atoms with Gasteiger partial charge in [0.25, 0.3) is 0 Å². The van der Waals surface area contributed by atoms with E-state index in [2.05, 4.69) is 34.5 Å². The minimum atomic E-state index is -1.33. The molecule has 1 heterocycles. The molecule has 0 aliphatic carbocycles. The van der Waals surface area contributed by atoms with Crippen LogP contribution in [0.2, 0.25) is 0 Å². The average molecular weight is 212 g/mol. The fourth-order valence-electron chi connectivity index (χ4n) is 1.06. The number of amides is 1. The van der Waals surface area contributed by atoms with Gasteiger partial charge in [0.05, 0.1) is 0 Å². The molecule has 1 atom stereocenters. The zero-order valence-corrected chi connectivity index (χ0v) is 8.92. The van der Waals surface area contributed by atoms with Crippen molar-refractivity contribution in [1.29, 1.82) is 0 Å². The van der Waals surface area contributed by atoms with Crippen molar-refractivity contribution in [2.45, 2.75) is 32.6 Å². The Labute approximate surface area is 88.6 Å². The third kappa shape index (κ3) is 7.36. The second kappa shape index (κ2) is 7.66. The number of carboxylic acid groups (broad SMARTS) is 1. The SMILES string of the molecule is CCCC(C)c1ncncn1.NC(=O)O. The molecular formula is C9H16N4O2. The lowest BCUT2D eigenvalue weighted by Gasteiger charge is -2.05. The van der Waals surface area contributed by atoms with Crippen LogP contribution in [0, 0.1) is 0 Å². The van der Waals surface area contributed by atoms with Crippen molar-refractivity contribution in [3.63, 3.8) is 0 Å². The number of primary amides is 1. The molecule has 0 fully saturated rings. The maximum atomic E-state index is 8.78. The molecule has 0 aliphatic rings. The van der Waals surface area contributed by atoms with Crippen LogP contribution >= 0.6 is 0 Å². The van der Waals surface area contributed by atoms with Crippen LogP contribution in [0.1, 0.15) is 38.4 Å². The van der Waals surface area contributed by atoms with Crippen molar-refractivity contribution in [3.05, 3.63) is 18.5 Å². The third-order valence-electron chi connectivity index (χ3n) is 1.68. The summed E-state index contributed by atoms with van der Waals surface area (Å²) in [6.07, 6.45) is 4.08. The van der Waals surface area contributed by atoms with E-state index in [1.807, 2.05) is 0 Å². The predicted octanol–water partition coefficient (Wildman–Crippen LogP) is 1.40. The summed E-state index contributed by atoms with van der Waals surface area (Å²) >= 11 is 0. The van der Waals surface area contributed by atoms with Crippen molar-refractivity contribution in [2.24, 2.45) is 5.73 Å². The van der Waals surface area contributed by atoms with Crippen LogP contribution in [0.25, 0.3) is 0 Å². The lowest BCUT2D eigenvalue weighted by molar-refractivity contribution is 0.205. The van der Waals surface area contributed by atoms with Gasteiger partial charge in [-0.3, -0.25) is 0 Å². The molecule has 1 aromatic rings. The number of nitrogens with zero attached hydrogens (tertiary/aromatic N) is 3. The van der Waals surface area contributed by atoms with E-state index in [-0.39, 0.29) is 0 Å². The highest BCUT2D eigenvalue weighted by molar-refractivity contribution is 5.61. The molecule has 6 nitrogen and oxygen atoms in total. The quantitative estimate of drug-likeness (QED) is 0.788. The maximum Gasteiger partial charge on any atom is 0.402 e. The Kier molecular flexibility index (Phi) is 6.78. The fraction of sp³-hybridized carbons (Fsp3) is 0.556. The van der Waals surface area contributed by atoms with E-state index in [0.717, 1.165) is 12.2 Å². The smallest absolute Gasteiger partial charge is 0.402 e. The Bertz CT molecular complexity index is 275. The molecule has 1 amide bonds. The lowest BCUT2D eigenvalue weighted by atomic mass is 10.1. The van der Waals surface area contributed by atoms with Gasteiger partial charge in [-0.15, -0.1) is 0 Å². The average Bonchev–Trinajstić information content (AvgIpc) is 2.19. The van der Waals surface area contributed by atoms with Gasteiger partial charge >= 0.3 is 6.09 Å². The van der Waals surface area contributed by atoms with Crippen LogP contribution in [0.15, 0.2) is 12.7 Å². The molecular weight excluding hydrogens is 196 g/mol. The minimum Gasteiger partial charge on any atom is -0.465 e. The van der Waals surface area contributed by atoms with Gasteiger partial charge in [0, 0.05) is 5.92 Å². The van der Waals surface area contributed by atoms with Gasteiger partial charge in [-0.1, -0.05) is 20.3 Å². The highest BCUT2D eigenvalue weighted by Crippen LogP contribution is 2.14. The third-order valence-corrected chi connectivity index (χ3v) is 1.68. The molecule has 0 spiro atoms. The van der Waals surface area contributed by atoms with E-state index in [4.69, 9.17) is 9.90 Å². The summed E-state index contributed by atoms with van der Waals surface area (Å²) < 4.78 is 0. The summed E-state index contributed by atoms with van der Waals surface area (Å²) in [6.45, 7) is 4.30. The van der Waals surface area contributed by atoms with Gasteiger partial charge in [0.1, 0.15) is 18.5 Å². The van der Waals surface area contributed by atoms with Crippen LogP contribution in [0.4, 0.5) is 4.79 Å². The maximum absolute atomic E-state index is 8.78. The van der Waals surface area contributed by atoms with Gasteiger partial charge < -0.3 is 10.8 Å². The first-order valence-electron chi connectivity index (χ1n) is 4.68. The van der Waals surface area contributed by atoms with Gasteiger partial charge in [-0.05, 0) is 6.42 Å². The zero-order valence-electron chi connectivity index (χ0n) is 8.92. The Morgan fingerprint density at radius 3 is 2.40 bits per heavy atom. The topological polar surface area (TPSA) is 102 Å². The molecule has 1 unspecified atom stereocenters. The van der Waals surface area contributed by atoms with E-state index in [9.17, 15) is 0 Å². The van der Waals surface area contributed by atoms with E-state index in [0.29, 0.717) is 5.92 Å². The molecule has 0 saturated carbocycles. The molecule has 1 aromatic heterocycles. The first kappa shape index (κ1) is 13.3. The highest BCUT2D eigenvalue weighted by atomic mass is 16.4. The van der Waals surface area contributed by atoms with Gasteiger partial charge in [0.15, 0.2) is 0 Å². The summed E-state index contributed by atoms with van der Waals surface area (Å²) in [5, 5.41) is 7.19. The van der Waals surface area contributed by atoms with Crippen molar-refractivity contribution in [3.8, 4) is 0 Å². The summed E-state index contributed by atoms with van der Waals surface area (Å²) in [5.74, 6) is 1.37. The molecule has 0 aromatic carbocycles. The molecule has 15 heavy (non-hydrogen) atoms.